The van der Waals surface area contributed by atoms with Gasteiger partial charge in [0.25, 0.3) is 11.3 Å². The monoisotopic (exact) mass is 321 g/mol. The highest BCUT2D eigenvalue weighted by atomic mass is 32.2. The van der Waals surface area contributed by atoms with Crippen LogP contribution in [0.5, 0.6) is 0 Å². The van der Waals surface area contributed by atoms with E-state index in [4.69, 9.17) is 0 Å². The smallest absolute Gasteiger partial charge is 0.286 e. The molecular formula is C13H15N5OS2. The van der Waals surface area contributed by atoms with Crippen LogP contribution in [0.3, 0.4) is 0 Å². The topological polar surface area (TPSA) is 65.1 Å². The van der Waals surface area contributed by atoms with Gasteiger partial charge in [-0.2, -0.15) is 0 Å². The molecule has 0 aliphatic carbocycles. The van der Waals surface area contributed by atoms with Crippen molar-refractivity contribution >= 4 is 39.1 Å². The highest BCUT2D eigenvalue weighted by Crippen LogP contribution is 2.44. The molecule has 3 aromatic rings. The van der Waals surface area contributed by atoms with Crippen molar-refractivity contribution in [2.75, 3.05) is 0 Å². The molecular weight excluding hydrogens is 306 g/mol. The second-order valence-electron chi connectivity index (χ2n) is 5.85. The normalized spacial score (nSPS) is 17.5. The van der Waals surface area contributed by atoms with E-state index in [1.54, 1.807) is 11.3 Å². The zero-order valence-electron chi connectivity index (χ0n) is 12.1. The average Bonchev–Trinajstić information content (AvgIpc) is 3.03. The van der Waals surface area contributed by atoms with Crippen LogP contribution in [0.2, 0.25) is 0 Å². The maximum Gasteiger partial charge on any atom is 0.286 e. The molecule has 1 aliphatic heterocycles. The molecule has 0 amide bonds. The number of aryl methyl sites for hydroxylation is 1. The fourth-order valence-corrected chi connectivity index (χ4v) is 5.43. The Hall–Kier alpha value is -1.41. The number of fused-ring (bicyclic) bond motifs is 4. The first-order valence-corrected chi connectivity index (χ1v) is 8.71. The lowest BCUT2D eigenvalue weighted by atomic mass is 10.00. The van der Waals surface area contributed by atoms with Crippen LogP contribution >= 0.6 is 23.1 Å². The summed E-state index contributed by atoms with van der Waals surface area (Å²) in [5, 5.41) is 12.3. The molecule has 1 aliphatic rings. The van der Waals surface area contributed by atoms with E-state index in [0.29, 0.717) is 5.78 Å². The van der Waals surface area contributed by atoms with Gasteiger partial charge >= 0.3 is 0 Å². The number of aromatic nitrogens is 5. The van der Waals surface area contributed by atoms with Crippen molar-refractivity contribution in [3.8, 4) is 0 Å². The van der Waals surface area contributed by atoms with E-state index < -0.39 is 0 Å². The zero-order chi connectivity index (χ0) is 14.8. The number of tetrazole rings is 1. The van der Waals surface area contributed by atoms with Gasteiger partial charge in [0.15, 0.2) is 0 Å². The average molecular weight is 321 g/mol. The molecule has 0 unspecified atom stereocenters. The molecule has 0 bridgehead atoms. The van der Waals surface area contributed by atoms with Crippen LogP contribution < -0.4 is 5.56 Å². The predicted molar refractivity (Wildman–Crippen MR) is 85.2 cm³/mol. The van der Waals surface area contributed by atoms with Gasteiger partial charge in [-0.15, -0.1) is 27.6 Å². The zero-order valence-corrected chi connectivity index (χ0v) is 13.7. The van der Waals surface area contributed by atoms with Gasteiger partial charge < -0.3 is 0 Å². The van der Waals surface area contributed by atoms with Crippen molar-refractivity contribution in [2.24, 2.45) is 0 Å². The van der Waals surface area contributed by atoms with Gasteiger partial charge in [0.2, 0.25) is 0 Å². The standard InChI is InChI=1S/C13H15N5OS2/c1-4-17-11-9(10(19)18-12(17)14-15-16-18)7-5-13(2,3)20-6-8(7)21-11/h4-6H2,1-3H3. The van der Waals surface area contributed by atoms with Crippen molar-refractivity contribution in [1.82, 2.24) is 24.6 Å². The first-order valence-electron chi connectivity index (χ1n) is 6.91. The molecule has 6 nitrogen and oxygen atoms in total. The van der Waals surface area contributed by atoms with Crippen molar-refractivity contribution < 1.29 is 0 Å². The van der Waals surface area contributed by atoms with Gasteiger partial charge in [-0.1, -0.05) is 18.9 Å². The Morgan fingerprint density at radius 3 is 2.95 bits per heavy atom. The Bertz CT molecular complexity index is 920. The van der Waals surface area contributed by atoms with Crippen LogP contribution in [0, 0.1) is 0 Å². The number of hydrogen-bond donors (Lipinski definition) is 0. The highest BCUT2D eigenvalue weighted by Gasteiger charge is 2.31. The lowest BCUT2D eigenvalue weighted by Gasteiger charge is -2.28. The molecule has 3 aromatic heterocycles. The third-order valence-electron chi connectivity index (χ3n) is 3.93. The van der Waals surface area contributed by atoms with Gasteiger partial charge in [-0.3, -0.25) is 9.36 Å². The minimum Gasteiger partial charge on any atom is -0.300 e. The number of thioether (sulfide) groups is 1. The van der Waals surface area contributed by atoms with Crippen LogP contribution in [0.1, 0.15) is 31.2 Å². The largest absolute Gasteiger partial charge is 0.300 e. The van der Waals surface area contributed by atoms with E-state index in [9.17, 15) is 4.79 Å². The van der Waals surface area contributed by atoms with E-state index in [1.165, 1.54) is 15.0 Å². The summed E-state index contributed by atoms with van der Waals surface area (Å²) in [7, 11) is 0. The van der Waals surface area contributed by atoms with Gasteiger partial charge in [0.1, 0.15) is 4.83 Å². The summed E-state index contributed by atoms with van der Waals surface area (Å²) < 4.78 is 3.53. The molecule has 0 saturated carbocycles. The van der Waals surface area contributed by atoms with E-state index in [-0.39, 0.29) is 10.3 Å². The van der Waals surface area contributed by atoms with Crippen LogP contribution in [-0.4, -0.2) is 29.4 Å². The SMILES string of the molecule is CCn1c2sc3c(c2c(=O)n2nnnc12)CC(C)(C)SC3. The number of thiophene rings is 1. The van der Waals surface area contributed by atoms with E-state index in [2.05, 4.69) is 36.3 Å². The summed E-state index contributed by atoms with van der Waals surface area (Å²) in [5.74, 6) is 1.50. The predicted octanol–water partition coefficient (Wildman–Crippen LogP) is 2.09. The number of nitrogens with zero attached hydrogens (tertiary/aromatic N) is 5. The van der Waals surface area contributed by atoms with Gasteiger partial charge in [0.05, 0.1) is 5.39 Å². The quantitative estimate of drug-likeness (QED) is 0.686. The molecule has 0 fully saturated rings. The fourth-order valence-electron chi connectivity index (χ4n) is 2.91. The highest BCUT2D eigenvalue weighted by molar-refractivity contribution is 8.00. The summed E-state index contributed by atoms with van der Waals surface area (Å²) in [5.41, 5.74) is 1.11. The minimum atomic E-state index is -0.0881. The van der Waals surface area contributed by atoms with Crippen molar-refractivity contribution in [2.45, 2.75) is 44.2 Å². The van der Waals surface area contributed by atoms with Gasteiger partial charge in [0, 0.05) is 21.9 Å². The Kier molecular flexibility index (Phi) is 2.71. The molecule has 4 rings (SSSR count). The third-order valence-corrected chi connectivity index (χ3v) is 6.73. The molecule has 0 aromatic carbocycles. The van der Waals surface area contributed by atoms with Crippen LogP contribution in [0.15, 0.2) is 4.79 Å². The van der Waals surface area contributed by atoms with E-state index in [1.807, 2.05) is 16.3 Å². The van der Waals surface area contributed by atoms with Gasteiger partial charge in [-0.05, 0) is 29.3 Å². The molecule has 0 N–H and O–H groups in total. The number of rotatable bonds is 1. The van der Waals surface area contributed by atoms with Crippen molar-refractivity contribution in [3.05, 3.63) is 20.8 Å². The molecule has 0 spiro atoms. The van der Waals surface area contributed by atoms with Gasteiger partial charge in [-0.25, -0.2) is 0 Å². The summed E-state index contributed by atoms with van der Waals surface area (Å²) in [4.78, 5) is 15.1. The molecule has 8 heteroatoms. The first-order chi connectivity index (χ1) is 10.0. The maximum atomic E-state index is 12.8. The lowest BCUT2D eigenvalue weighted by Crippen LogP contribution is -2.25. The summed E-state index contributed by atoms with van der Waals surface area (Å²) in [6, 6.07) is 0. The Balaban J connectivity index is 2.17. The van der Waals surface area contributed by atoms with E-state index >= 15 is 0 Å². The molecule has 21 heavy (non-hydrogen) atoms. The van der Waals surface area contributed by atoms with E-state index in [0.717, 1.165) is 28.9 Å². The lowest BCUT2D eigenvalue weighted by molar-refractivity contribution is 0.698. The van der Waals surface area contributed by atoms with Crippen molar-refractivity contribution in [3.63, 3.8) is 0 Å². The Morgan fingerprint density at radius 2 is 2.19 bits per heavy atom. The number of hydrogen-bond acceptors (Lipinski definition) is 6. The third kappa shape index (κ3) is 1.78. The minimum absolute atomic E-state index is 0.0881. The first kappa shape index (κ1) is 13.3. The van der Waals surface area contributed by atoms with Crippen LogP contribution in [-0.2, 0) is 18.7 Å². The Morgan fingerprint density at radius 1 is 1.38 bits per heavy atom. The van der Waals surface area contributed by atoms with Crippen LogP contribution in [0.25, 0.3) is 16.0 Å². The molecule has 0 saturated heterocycles. The Labute approximate surface area is 129 Å². The molecule has 0 radical (unpaired) electrons. The second kappa shape index (κ2) is 4.30. The summed E-state index contributed by atoms with van der Waals surface area (Å²) >= 11 is 3.67. The summed E-state index contributed by atoms with van der Waals surface area (Å²) in [6.45, 7) is 7.27. The molecule has 4 heterocycles. The fraction of sp³-hybridized carbons (Fsp3) is 0.538. The molecule has 110 valence electrons. The van der Waals surface area contributed by atoms with Crippen LogP contribution in [0.4, 0.5) is 0 Å². The van der Waals surface area contributed by atoms with Crippen molar-refractivity contribution in [1.29, 1.82) is 0 Å². The summed E-state index contributed by atoms with van der Waals surface area (Å²) in [6.07, 6.45) is 0.916. The maximum absolute atomic E-state index is 12.8. The second-order valence-corrected chi connectivity index (χ2v) is 8.62. The molecule has 0 atom stereocenters.